The summed E-state index contributed by atoms with van der Waals surface area (Å²) in [7, 11) is 0. The summed E-state index contributed by atoms with van der Waals surface area (Å²) in [6.07, 6.45) is 4.63. The number of benzene rings is 1. The van der Waals surface area contributed by atoms with Gasteiger partial charge in [0.2, 0.25) is 0 Å². The molecule has 0 bridgehead atoms. The van der Waals surface area contributed by atoms with Crippen LogP contribution in [0.1, 0.15) is 12.1 Å². The molecule has 1 aromatic carbocycles. The minimum atomic E-state index is -0.412. The molecule has 1 aliphatic rings. The molecule has 4 aromatic rings. The molecule has 0 radical (unpaired) electrons. The van der Waals surface area contributed by atoms with Crippen molar-refractivity contribution in [2.45, 2.75) is 19.4 Å². The van der Waals surface area contributed by atoms with Gasteiger partial charge in [-0.3, -0.25) is 5.10 Å². The first kappa shape index (κ1) is 17.3. The minimum absolute atomic E-state index is 0.141. The standard InChI is InChI=1S/C19H18ClFN6O/c1-10-8-27-9-11(4-15(21)19(27)23-10)24-18-17-14(20)5-13(6-16(17)25-26-18)28-12-2-3-22-7-12/h4-6,8-9,12,22H,2-3,7H2,1H3,(H2,24,25,26). The second-order valence-corrected chi connectivity index (χ2v) is 7.35. The number of nitrogens with zero attached hydrogens (tertiary/aromatic N) is 3. The van der Waals surface area contributed by atoms with Gasteiger partial charge in [-0.25, -0.2) is 9.37 Å². The highest BCUT2D eigenvalue weighted by molar-refractivity contribution is 6.36. The lowest BCUT2D eigenvalue weighted by Gasteiger charge is -2.13. The van der Waals surface area contributed by atoms with E-state index in [0.29, 0.717) is 22.3 Å². The molecule has 7 nitrogen and oxygen atoms in total. The van der Waals surface area contributed by atoms with Gasteiger partial charge in [-0.1, -0.05) is 11.6 Å². The monoisotopic (exact) mass is 400 g/mol. The molecule has 9 heteroatoms. The Kier molecular flexibility index (Phi) is 4.10. The van der Waals surface area contributed by atoms with Crippen LogP contribution in [-0.4, -0.2) is 38.8 Å². The molecule has 1 atom stereocenters. The molecule has 28 heavy (non-hydrogen) atoms. The molecule has 0 aliphatic carbocycles. The molecule has 4 heterocycles. The molecule has 0 spiro atoms. The summed E-state index contributed by atoms with van der Waals surface area (Å²) < 4.78 is 22.0. The Labute approximate surface area is 164 Å². The zero-order chi connectivity index (χ0) is 19.3. The van der Waals surface area contributed by atoms with Crippen LogP contribution in [0, 0.1) is 12.7 Å². The third-order valence-electron chi connectivity index (χ3n) is 4.80. The Bertz CT molecular complexity index is 1180. The van der Waals surface area contributed by atoms with Gasteiger partial charge >= 0.3 is 0 Å². The molecule has 3 N–H and O–H groups in total. The van der Waals surface area contributed by atoms with Crippen molar-refractivity contribution in [2.75, 3.05) is 18.4 Å². The van der Waals surface area contributed by atoms with Crippen LogP contribution in [0.5, 0.6) is 5.75 Å². The van der Waals surface area contributed by atoms with Gasteiger partial charge < -0.3 is 19.8 Å². The first-order valence-electron chi connectivity index (χ1n) is 9.04. The van der Waals surface area contributed by atoms with Gasteiger partial charge in [-0.15, -0.1) is 0 Å². The largest absolute Gasteiger partial charge is 0.489 e. The molecule has 1 unspecified atom stereocenters. The molecule has 1 fully saturated rings. The summed E-state index contributed by atoms with van der Waals surface area (Å²) in [6, 6.07) is 5.05. The van der Waals surface area contributed by atoms with Crippen molar-refractivity contribution >= 4 is 39.7 Å². The van der Waals surface area contributed by atoms with Crippen molar-refractivity contribution in [1.82, 2.24) is 24.9 Å². The number of hydrogen-bond acceptors (Lipinski definition) is 5. The second-order valence-electron chi connectivity index (χ2n) is 6.95. The smallest absolute Gasteiger partial charge is 0.173 e. The number of aromatic amines is 1. The SMILES string of the molecule is Cc1cn2cc(Nc3n[nH]c4cc(OC5CCNC5)cc(Cl)c34)cc(F)c2n1. The van der Waals surface area contributed by atoms with Crippen LogP contribution in [0.2, 0.25) is 5.02 Å². The Morgan fingerprint density at radius 3 is 3.04 bits per heavy atom. The number of H-pyrrole nitrogens is 1. The number of ether oxygens (including phenoxy) is 1. The third kappa shape index (κ3) is 3.04. The first-order chi connectivity index (χ1) is 13.6. The second kappa shape index (κ2) is 6.65. The van der Waals surface area contributed by atoms with Crippen LogP contribution >= 0.6 is 11.6 Å². The van der Waals surface area contributed by atoms with Gasteiger partial charge in [-0.2, -0.15) is 5.10 Å². The van der Waals surface area contributed by atoms with E-state index in [1.165, 1.54) is 6.07 Å². The van der Waals surface area contributed by atoms with Crippen molar-refractivity contribution in [1.29, 1.82) is 0 Å². The highest BCUT2D eigenvalue weighted by atomic mass is 35.5. The maximum absolute atomic E-state index is 14.3. The van der Waals surface area contributed by atoms with Crippen LogP contribution in [-0.2, 0) is 0 Å². The molecule has 3 aromatic heterocycles. The van der Waals surface area contributed by atoms with Crippen LogP contribution in [0.25, 0.3) is 16.6 Å². The van der Waals surface area contributed by atoms with Gasteiger partial charge in [0, 0.05) is 31.1 Å². The van der Waals surface area contributed by atoms with E-state index in [1.807, 2.05) is 13.0 Å². The lowest BCUT2D eigenvalue weighted by atomic mass is 10.2. The van der Waals surface area contributed by atoms with Gasteiger partial charge in [-0.05, 0) is 26.0 Å². The number of imidazole rings is 1. The van der Waals surface area contributed by atoms with Crippen molar-refractivity contribution in [3.63, 3.8) is 0 Å². The molecular weight excluding hydrogens is 383 g/mol. The van der Waals surface area contributed by atoms with Gasteiger partial charge in [0.1, 0.15) is 11.9 Å². The lowest BCUT2D eigenvalue weighted by molar-refractivity contribution is 0.223. The molecule has 144 valence electrons. The molecule has 1 saturated heterocycles. The highest BCUT2D eigenvalue weighted by Crippen LogP contribution is 2.35. The zero-order valence-electron chi connectivity index (χ0n) is 15.1. The van der Waals surface area contributed by atoms with E-state index in [0.717, 1.165) is 36.1 Å². The number of hydrogen-bond donors (Lipinski definition) is 3. The predicted octanol–water partition coefficient (Wildman–Crippen LogP) is 3.80. The first-order valence-corrected chi connectivity index (χ1v) is 9.41. The lowest BCUT2D eigenvalue weighted by Crippen LogP contribution is -2.19. The Hall–Kier alpha value is -2.84. The van der Waals surface area contributed by atoms with Crippen molar-refractivity contribution in [3.05, 3.63) is 47.1 Å². The van der Waals surface area contributed by atoms with Crippen molar-refractivity contribution in [2.24, 2.45) is 0 Å². The van der Waals surface area contributed by atoms with E-state index in [9.17, 15) is 4.39 Å². The predicted molar refractivity (Wildman–Crippen MR) is 106 cm³/mol. The molecule has 5 rings (SSSR count). The number of fused-ring (bicyclic) bond motifs is 2. The summed E-state index contributed by atoms with van der Waals surface area (Å²) in [5.74, 6) is 0.803. The van der Waals surface area contributed by atoms with Crippen LogP contribution in [0.3, 0.4) is 0 Å². The summed E-state index contributed by atoms with van der Waals surface area (Å²) >= 11 is 6.51. The Morgan fingerprint density at radius 2 is 2.21 bits per heavy atom. The van der Waals surface area contributed by atoms with Crippen LogP contribution < -0.4 is 15.4 Å². The number of nitrogens with one attached hydrogen (secondary N) is 3. The summed E-state index contributed by atoms with van der Waals surface area (Å²) in [6.45, 7) is 3.60. The molecule has 0 saturated carbocycles. The summed E-state index contributed by atoms with van der Waals surface area (Å²) in [4.78, 5) is 4.17. The van der Waals surface area contributed by atoms with Crippen molar-refractivity contribution in [3.8, 4) is 5.75 Å². The maximum atomic E-state index is 14.3. The molecular formula is C19H18ClFN6O. The number of aryl methyl sites for hydroxylation is 1. The van der Waals surface area contributed by atoms with Crippen molar-refractivity contribution < 1.29 is 9.13 Å². The quantitative estimate of drug-likeness (QED) is 0.485. The Morgan fingerprint density at radius 1 is 1.32 bits per heavy atom. The van der Waals surface area contributed by atoms with E-state index in [1.54, 1.807) is 22.9 Å². The fraction of sp³-hybridized carbons (Fsp3) is 0.263. The number of anilines is 2. The maximum Gasteiger partial charge on any atom is 0.173 e. The Balaban J connectivity index is 1.47. The fourth-order valence-electron chi connectivity index (χ4n) is 3.55. The number of aromatic nitrogens is 4. The van der Waals surface area contributed by atoms with Gasteiger partial charge in [0.25, 0.3) is 0 Å². The third-order valence-corrected chi connectivity index (χ3v) is 5.09. The summed E-state index contributed by atoms with van der Waals surface area (Å²) in [5.41, 5.74) is 2.32. The number of rotatable bonds is 4. The van der Waals surface area contributed by atoms with E-state index >= 15 is 0 Å². The normalized spacial score (nSPS) is 16.9. The number of halogens is 2. The average molecular weight is 401 g/mol. The highest BCUT2D eigenvalue weighted by Gasteiger charge is 2.18. The zero-order valence-corrected chi connectivity index (χ0v) is 15.8. The fourth-order valence-corrected chi connectivity index (χ4v) is 3.85. The summed E-state index contributed by atoms with van der Waals surface area (Å²) in [5, 5.41) is 14.9. The minimum Gasteiger partial charge on any atom is -0.489 e. The van der Waals surface area contributed by atoms with Crippen LogP contribution in [0.15, 0.2) is 30.6 Å². The average Bonchev–Trinajstić information content (AvgIpc) is 3.36. The van der Waals surface area contributed by atoms with Gasteiger partial charge in [0.15, 0.2) is 17.3 Å². The van der Waals surface area contributed by atoms with E-state index < -0.39 is 5.82 Å². The van der Waals surface area contributed by atoms with E-state index in [4.69, 9.17) is 16.3 Å². The molecule has 1 aliphatic heterocycles. The number of pyridine rings is 1. The van der Waals surface area contributed by atoms with Gasteiger partial charge in [0.05, 0.1) is 27.3 Å². The molecule has 0 amide bonds. The topological polar surface area (TPSA) is 79.3 Å². The van der Waals surface area contributed by atoms with E-state index in [2.05, 4.69) is 25.8 Å². The van der Waals surface area contributed by atoms with E-state index in [-0.39, 0.29) is 11.8 Å². The van der Waals surface area contributed by atoms with Crippen LogP contribution in [0.4, 0.5) is 15.9 Å².